The Bertz CT molecular complexity index is 693. The van der Waals surface area contributed by atoms with Gasteiger partial charge in [0.2, 0.25) is 5.95 Å². The van der Waals surface area contributed by atoms with Crippen molar-refractivity contribution in [3.05, 3.63) is 30.0 Å². The largest absolute Gasteiger partial charge is 0.341 e. The Morgan fingerprint density at radius 2 is 1.71 bits per heavy atom. The fourth-order valence-electron chi connectivity index (χ4n) is 4.29. The van der Waals surface area contributed by atoms with Crippen LogP contribution in [-0.2, 0) is 0 Å². The second-order valence-corrected chi connectivity index (χ2v) is 7.29. The molecule has 2 fully saturated rings. The van der Waals surface area contributed by atoms with Gasteiger partial charge in [0.25, 0.3) is 0 Å². The highest BCUT2D eigenvalue weighted by molar-refractivity contribution is 5.81. The first-order valence-corrected chi connectivity index (χ1v) is 9.53. The molecule has 24 heavy (non-hydrogen) atoms. The molecule has 0 saturated carbocycles. The Labute approximate surface area is 144 Å². The van der Waals surface area contributed by atoms with Crippen LogP contribution in [0.3, 0.4) is 0 Å². The summed E-state index contributed by atoms with van der Waals surface area (Å²) in [6.45, 7) is 6.87. The van der Waals surface area contributed by atoms with Gasteiger partial charge in [-0.3, -0.25) is 0 Å². The molecule has 128 valence electrons. The van der Waals surface area contributed by atoms with Crippen molar-refractivity contribution < 1.29 is 0 Å². The lowest BCUT2D eigenvalue weighted by atomic mass is 10.0. The fourth-order valence-corrected chi connectivity index (χ4v) is 4.29. The Morgan fingerprint density at radius 1 is 0.875 bits per heavy atom. The smallest absolute Gasteiger partial charge is 0.226 e. The Morgan fingerprint density at radius 3 is 2.58 bits per heavy atom. The molecule has 1 unspecified atom stereocenters. The van der Waals surface area contributed by atoms with Crippen LogP contribution in [0.25, 0.3) is 10.9 Å². The molecule has 2 aliphatic rings. The summed E-state index contributed by atoms with van der Waals surface area (Å²) in [5.74, 6) is 0.922. The summed E-state index contributed by atoms with van der Waals surface area (Å²) >= 11 is 0. The van der Waals surface area contributed by atoms with Crippen molar-refractivity contribution in [2.45, 2.75) is 51.5 Å². The topological polar surface area (TPSA) is 32.3 Å². The van der Waals surface area contributed by atoms with E-state index in [0.717, 1.165) is 36.3 Å². The standard InChI is InChI=1S/C20H28N4/c1-16-18-9-3-4-10-19(18)22-20(21-16)24-14-7-8-17(11-15-24)23-12-5-2-6-13-23/h3-4,9-10,17H,2,5-8,11-15H2,1H3. The molecule has 0 N–H and O–H groups in total. The molecule has 4 nitrogen and oxygen atoms in total. The number of aryl methyl sites for hydroxylation is 1. The van der Waals surface area contributed by atoms with Crippen LogP contribution in [0.2, 0.25) is 0 Å². The molecule has 1 aromatic heterocycles. The average molecular weight is 324 g/mol. The van der Waals surface area contributed by atoms with Gasteiger partial charge in [-0.25, -0.2) is 9.97 Å². The molecule has 2 aromatic rings. The molecule has 0 radical (unpaired) electrons. The number of likely N-dealkylation sites (tertiary alicyclic amines) is 1. The van der Waals surface area contributed by atoms with Gasteiger partial charge in [0.05, 0.1) is 11.2 Å². The van der Waals surface area contributed by atoms with Crippen LogP contribution < -0.4 is 4.90 Å². The normalized spacial score (nSPS) is 23.4. The zero-order valence-corrected chi connectivity index (χ0v) is 14.7. The number of rotatable bonds is 2. The molecule has 1 atom stereocenters. The second-order valence-electron chi connectivity index (χ2n) is 7.29. The lowest BCUT2D eigenvalue weighted by Gasteiger charge is -2.34. The zero-order chi connectivity index (χ0) is 16.4. The summed E-state index contributed by atoms with van der Waals surface area (Å²) in [5.41, 5.74) is 2.16. The van der Waals surface area contributed by atoms with E-state index in [1.54, 1.807) is 0 Å². The van der Waals surface area contributed by atoms with Gasteiger partial charge in [-0.05, 0) is 58.2 Å². The van der Waals surface area contributed by atoms with Gasteiger partial charge in [-0.1, -0.05) is 24.6 Å². The second kappa shape index (κ2) is 7.06. The molecular weight excluding hydrogens is 296 g/mol. The molecular formula is C20H28N4. The Kier molecular flexibility index (Phi) is 4.65. The molecule has 2 saturated heterocycles. The van der Waals surface area contributed by atoms with Crippen molar-refractivity contribution in [3.8, 4) is 0 Å². The highest BCUT2D eigenvalue weighted by Crippen LogP contribution is 2.24. The van der Waals surface area contributed by atoms with Crippen molar-refractivity contribution in [1.29, 1.82) is 0 Å². The van der Waals surface area contributed by atoms with Gasteiger partial charge in [0.1, 0.15) is 0 Å². The van der Waals surface area contributed by atoms with Gasteiger partial charge in [0, 0.05) is 24.5 Å². The van der Waals surface area contributed by atoms with Gasteiger partial charge in [-0.2, -0.15) is 0 Å². The Hall–Kier alpha value is -1.68. The molecule has 2 aliphatic heterocycles. The number of piperidine rings is 1. The van der Waals surface area contributed by atoms with Crippen LogP contribution in [-0.4, -0.2) is 47.1 Å². The lowest BCUT2D eigenvalue weighted by Crippen LogP contribution is -2.39. The maximum atomic E-state index is 4.84. The minimum absolute atomic E-state index is 0.761. The van der Waals surface area contributed by atoms with Crippen molar-refractivity contribution in [2.75, 3.05) is 31.1 Å². The molecule has 3 heterocycles. The van der Waals surface area contributed by atoms with Crippen molar-refractivity contribution in [2.24, 2.45) is 0 Å². The first-order chi connectivity index (χ1) is 11.8. The first-order valence-electron chi connectivity index (χ1n) is 9.53. The van der Waals surface area contributed by atoms with Crippen molar-refractivity contribution in [3.63, 3.8) is 0 Å². The third-order valence-corrected chi connectivity index (χ3v) is 5.67. The zero-order valence-electron chi connectivity index (χ0n) is 14.7. The molecule has 1 aromatic carbocycles. The van der Waals surface area contributed by atoms with E-state index in [1.807, 2.05) is 0 Å². The summed E-state index contributed by atoms with van der Waals surface area (Å²) in [7, 11) is 0. The van der Waals surface area contributed by atoms with E-state index in [2.05, 4.69) is 41.0 Å². The number of nitrogens with zero attached hydrogens (tertiary/aromatic N) is 4. The lowest BCUT2D eigenvalue weighted by molar-refractivity contribution is 0.152. The predicted molar refractivity (Wildman–Crippen MR) is 99.6 cm³/mol. The third-order valence-electron chi connectivity index (χ3n) is 5.67. The van der Waals surface area contributed by atoms with Crippen LogP contribution in [0, 0.1) is 6.92 Å². The number of para-hydroxylation sites is 1. The minimum Gasteiger partial charge on any atom is -0.341 e. The van der Waals surface area contributed by atoms with E-state index in [-0.39, 0.29) is 0 Å². The maximum Gasteiger partial charge on any atom is 0.226 e. The summed E-state index contributed by atoms with van der Waals surface area (Å²) in [6, 6.07) is 9.10. The molecule has 0 bridgehead atoms. The van der Waals surface area contributed by atoms with Crippen LogP contribution in [0.15, 0.2) is 24.3 Å². The molecule has 4 heteroatoms. The third kappa shape index (κ3) is 3.25. The summed E-state index contributed by atoms with van der Waals surface area (Å²) in [5, 5.41) is 1.17. The minimum atomic E-state index is 0.761. The number of anilines is 1. The molecule has 0 spiro atoms. The van der Waals surface area contributed by atoms with E-state index >= 15 is 0 Å². The highest BCUT2D eigenvalue weighted by atomic mass is 15.3. The fraction of sp³-hybridized carbons (Fsp3) is 0.600. The SMILES string of the molecule is Cc1nc(N2CCCC(N3CCCCC3)CC2)nc2ccccc12. The maximum absolute atomic E-state index is 4.84. The van der Waals surface area contributed by atoms with Crippen LogP contribution in [0.4, 0.5) is 5.95 Å². The predicted octanol–water partition coefficient (Wildman–Crippen LogP) is 3.78. The monoisotopic (exact) mass is 324 g/mol. The number of hydrogen-bond acceptors (Lipinski definition) is 4. The van der Waals surface area contributed by atoms with Crippen LogP contribution in [0.5, 0.6) is 0 Å². The van der Waals surface area contributed by atoms with Gasteiger partial charge in [-0.15, -0.1) is 0 Å². The molecule has 0 amide bonds. The number of benzene rings is 1. The van der Waals surface area contributed by atoms with Crippen molar-refractivity contribution in [1.82, 2.24) is 14.9 Å². The molecule has 0 aliphatic carbocycles. The van der Waals surface area contributed by atoms with E-state index in [0.29, 0.717) is 0 Å². The number of hydrogen-bond donors (Lipinski definition) is 0. The van der Waals surface area contributed by atoms with E-state index in [1.165, 1.54) is 57.0 Å². The van der Waals surface area contributed by atoms with Crippen molar-refractivity contribution >= 4 is 16.9 Å². The van der Waals surface area contributed by atoms with Gasteiger partial charge >= 0.3 is 0 Å². The highest BCUT2D eigenvalue weighted by Gasteiger charge is 2.24. The summed E-state index contributed by atoms with van der Waals surface area (Å²) < 4.78 is 0. The first kappa shape index (κ1) is 15.8. The average Bonchev–Trinajstić information content (AvgIpc) is 2.89. The summed E-state index contributed by atoms with van der Waals surface area (Å²) in [4.78, 5) is 14.8. The quantitative estimate of drug-likeness (QED) is 0.841. The van der Waals surface area contributed by atoms with E-state index in [9.17, 15) is 0 Å². The Balaban J connectivity index is 1.50. The van der Waals surface area contributed by atoms with E-state index in [4.69, 9.17) is 9.97 Å². The number of fused-ring (bicyclic) bond motifs is 1. The van der Waals surface area contributed by atoms with Gasteiger partial charge < -0.3 is 9.80 Å². The van der Waals surface area contributed by atoms with E-state index < -0.39 is 0 Å². The summed E-state index contributed by atoms with van der Waals surface area (Å²) in [6.07, 6.45) is 7.99. The van der Waals surface area contributed by atoms with Crippen LogP contribution in [0.1, 0.15) is 44.2 Å². The number of aromatic nitrogens is 2. The molecule has 4 rings (SSSR count). The van der Waals surface area contributed by atoms with Gasteiger partial charge in [0.15, 0.2) is 0 Å². The van der Waals surface area contributed by atoms with Crippen LogP contribution >= 0.6 is 0 Å².